The van der Waals surface area contributed by atoms with E-state index in [0.29, 0.717) is 17.0 Å². The van der Waals surface area contributed by atoms with Gasteiger partial charge in [-0.2, -0.15) is 0 Å². The first kappa shape index (κ1) is 28.1. The summed E-state index contributed by atoms with van der Waals surface area (Å²) in [6, 6.07) is 13.5. The Balaban J connectivity index is 1.80. The highest BCUT2D eigenvalue weighted by atomic mass is 32.1. The molecule has 0 radical (unpaired) electrons. The number of nitrogens with zero attached hydrogens (tertiary/aromatic N) is 1. The van der Waals surface area contributed by atoms with Crippen molar-refractivity contribution < 1.29 is 29.0 Å². The van der Waals surface area contributed by atoms with Crippen LogP contribution in [0, 0.1) is 6.92 Å². The number of hydrogen-bond donors (Lipinski definition) is 1. The van der Waals surface area contributed by atoms with Gasteiger partial charge in [-0.05, 0) is 79.1 Å². The second-order valence-corrected chi connectivity index (χ2v) is 11.1. The lowest BCUT2D eigenvalue weighted by Gasteiger charge is -2.24. The molecule has 1 fully saturated rings. The largest absolute Gasteiger partial charge is 0.507 e. The molecule has 8 heteroatoms. The fourth-order valence-electron chi connectivity index (χ4n) is 4.79. The molecule has 1 aliphatic heterocycles. The van der Waals surface area contributed by atoms with Gasteiger partial charge in [-0.25, -0.2) is 0 Å². The molecule has 1 aliphatic rings. The number of thiophene rings is 1. The summed E-state index contributed by atoms with van der Waals surface area (Å²) in [4.78, 5) is 41.2. The summed E-state index contributed by atoms with van der Waals surface area (Å²) in [5.74, 6) is -1.23. The Labute approximate surface area is 232 Å². The third-order valence-corrected chi connectivity index (χ3v) is 7.57. The standard InChI is InChI=1S/C31H33NO6S/c1-17(2)22-16-23(19(5)14-24(22)37-6)29(34)27-28(25-8-7-13-39-25)32(31(36)30(27)35)21-11-9-20(10-12-21)15-26(33)38-18(3)4/h7-14,16-18,28,34H,15H2,1-6H3/b29-27+. The fraction of sp³-hybridized carbons (Fsp3) is 0.323. The molecule has 0 aliphatic carbocycles. The van der Waals surface area contributed by atoms with Crippen LogP contribution in [-0.2, 0) is 25.5 Å². The first-order valence-corrected chi connectivity index (χ1v) is 13.7. The van der Waals surface area contributed by atoms with E-state index in [0.717, 1.165) is 21.6 Å². The quantitative estimate of drug-likeness (QED) is 0.154. The van der Waals surface area contributed by atoms with E-state index >= 15 is 0 Å². The maximum absolute atomic E-state index is 13.5. The van der Waals surface area contributed by atoms with Crippen LogP contribution in [0.15, 0.2) is 59.5 Å². The van der Waals surface area contributed by atoms with Crippen molar-refractivity contribution in [1.29, 1.82) is 0 Å². The Morgan fingerprint density at radius 2 is 1.77 bits per heavy atom. The van der Waals surface area contributed by atoms with Gasteiger partial charge in [0.1, 0.15) is 17.6 Å². The smallest absolute Gasteiger partial charge is 0.310 e. The van der Waals surface area contributed by atoms with E-state index in [4.69, 9.17) is 9.47 Å². The molecule has 1 amide bonds. The molecule has 4 rings (SSSR count). The summed E-state index contributed by atoms with van der Waals surface area (Å²) in [5, 5.41) is 13.5. The van der Waals surface area contributed by atoms with Crippen LogP contribution >= 0.6 is 11.3 Å². The van der Waals surface area contributed by atoms with Crippen LogP contribution in [0.4, 0.5) is 5.69 Å². The predicted octanol–water partition coefficient (Wildman–Crippen LogP) is 6.31. The zero-order chi connectivity index (χ0) is 28.4. The second-order valence-electron chi connectivity index (χ2n) is 10.1. The third kappa shape index (κ3) is 5.61. The summed E-state index contributed by atoms with van der Waals surface area (Å²) >= 11 is 1.40. The lowest BCUT2D eigenvalue weighted by Crippen LogP contribution is -2.29. The Bertz CT molecular complexity index is 1420. The molecular formula is C31H33NO6S. The van der Waals surface area contributed by atoms with Crippen LogP contribution in [0.5, 0.6) is 5.75 Å². The van der Waals surface area contributed by atoms with Gasteiger partial charge in [0.2, 0.25) is 0 Å². The number of aliphatic hydroxyl groups is 1. The van der Waals surface area contributed by atoms with Gasteiger partial charge in [0.15, 0.2) is 0 Å². The van der Waals surface area contributed by atoms with Crippen LogP contribution in [0.3, 0.4) is 0 Å². The van der Waals surface area contributed by atoms with Crippen molar-refractivity contribution in [3.8, 4) is 5.75 Å². The summed E-state index contributed by atoms with van der Waals surface area (Å²) in [6.07, 6.45) is -0.110. The molecule has 1 unspecified atom stereocenters. The van der Waals surface area contributed by atoms with Crippen molar-refractivity contribution in [1.82, 2.24) is 0 Å². The van der Waals surface area contributed by atoms with Gasteiger partial charge in [0, 0.05) is 16.1 Å². The molecule has 2 aromatic carbocycles. The first-order chi connectivity index (χ1) is 18.5. The molecule has 7 nitrogen and oxygen atoms in total. The number of anilines is 1. The van der Waals surface area contributed by atoms with Crippen LogP contribution in [0.2, 0.25) is 0 Å². The number of Topliss-reactive ketones (excluding diaryl/α,β-unsaturated/α-hetero) is 1. The normalized spacial score (nSPS) is 16.8. The topological polar surface area (TPSA) is 93.1 Å². The molecule has 1 aromatic heterocycles. The predicted molar refractivity (Wildman–Crippen MR) is 152 cm³/mol. The number of carbonyl (C=O) groups excluding carboxylic acids is 3. The zero-order valence-corrected chi connectivity index (χ0v) is 23.8. The molecule has 39 heavy (non-hydrogen) atoms. The summed E-state index contributed by atoms with van der Waals surface area (Å²) in [7, 11) is 1.60. The number of benzene rings is 2. The number of carbonyl (C=O) groups is 3. The van der Waals surface area contributed by atoms with Gasteiger partial charge in [0.25, 0.3) is 11.7 Å². The van der Waals surface area contributed by atoms with Crippen molar-refractivity contribution in [2.75, 3.05) is 12.0 Å². The average Bonchev–Trinajstić information content (AvgIpc) is 3.50. The van der Waals surface area contributed by atoms with E-state index in [1.807, 2.05) is 50.4 Å². The summed E-state index contributed by atoms with van der Waals surface area (Å²) in [6.45, 7) is 9.46. The van der Waals surface area contributed by atoms with Gasteiger partial charge < -0.3 is 14.6 Å². The molecule has 0 bridgehead atoms. The van der Waals surface area contributed by atoms with Crippen LogP contribution in [0.1, 0.15) is 66.8 Å². The maximum Gasteiger partial charge on any atom is 0.310 e. The summed E-state index contributed by atoms with van der Waals surface area (Å²) in [5.41, 5.74) is 3.35. The number of methoxy groups -OCH3 is 1. The highest BCUT2D eigenvalue weighted by Crippen LogP contribution is 2.44. The van der Waals surface area contributed by atoms with Gasteiger partial charge in [-0.1, -0.05) is 32.0 Å². The molecular weight excluding hydrogens is 514 g/mol. The molecule has 0 spiro atoms. The minimum Gasteiger partial charge on any atom is -0.507 e. The van der Waals surface area contributed by atoms with Crippen molar-refractivity contribution in [2.24, 2.45) is 0 Å². The van der Waals surface area contributed by atoms with Crippen LogP contribution in [0.25, 0.3) is 5.76 Å². The van der Waals surface area contributed by atoms with Crippen molar-refractivity contribution in [2.45, 2.75) is 59.1 Å². The van der Waals surface area contributed by atoms with E-state index < -0.39 is 17.7 Å². The minimum absolute atomic E-state index is 0.0370. The van der Waals surface area contributed by atoms with Gasteiger partial charge in [-0.3, -0.25) is 19.3 Å². The molecule has 3 aromatic rings. The average molecular weight is 548 g/mol. The number of hydrogen-bond acceptors (Lipinski definition) is 7. The third-order valence-electron chi connectivity index (χ3n) is 6.64. The van der Waals surface area contributed by atoms with E-state index in [2.05, 4.69) is 0 Å². The highest BCUT2D eigenvalue weighted by Gasteiger charge is 2.47. The molecule has 2 heterocycles. The van der Waals surface area contributed by atoms with Gasteiger partial charge in [0.05, 0.1) is 25.2 Å². The molecule has 1 N–H and O–H groups in total. The SMILES string of the molecule is COc1cc(C)c(/C(O)=C2\C(=O)C(=O)N(c3ccc(CC(=O)OC(C)C)cc3)C2c2cccs2)cc1C(C)C. The lowest BCUT2D eigenvalue weighted by atomic mass is 9.92. The number of ketones is 1. The number of rotatable bonds is 8. The minimum atomic E-state index is -0.800. The highest BCUT2D eigenvalue weighted by molar-refractivity contribution is 7.10. The fourth-order valence-corrected chi connectivity index (χ4v) is 5.61. The van der Waals surface area contributed by atoms with Crippen LogP contribution < -0.4 is 9.64 Å². The maximum atomic E-state index is 13.5. The number of esters is 1. The van der Waals surface area contributed by atoms with Gasteiger partial charge in [-0.15, -0.1) is 11.3 Å². The molecule has 204 valence electrons. The van der Waals surface area contributed by atoms with Crippen molar-refractivity contribution >= 4 is 40.4 Å². The Hall–Kier alpha value is -3.91. The van der Waals surface area contributed by atoms with Crippen molar-refractivity contribution in [3.05, 3.63) is 86.6 Å². The monoisotopic (exact) mass is 547 g/mol. The van der Waals surface area contributed by atoms with E-state index in [1.54, 1.807) is 45.2 Å². The van der Waals surface area contributed by atoms with E-state index in [9.17, 15) is 19.5 Å². The molecule has 1 atom stereocenters. The first-order valence-electron chi connectivity index (χ1n) is 12.8. The lowest BCUT2D eigenvalue weighted by molar-refractivity contribution is -0.146. The Morgan fingerprint density at radius 3 is 2.33 bits per heavy atom. The number of aliphatic hydroxyl groups excluding tert-OH is 1. The number of ether oxygens (including phenoxy) is 2. The zero-order valence-electron chi connectivity index (χ0n) is 23.0. The van der Waals surface area contributed by atoms with Crippen LogP contribution in [-0.4, -0.2) is 36.0 Å². The number of aryl methyl sites for hydroxylation is 1. The second kappa shape index (κ2) is 11.5. The molecule has 0 saturated carbocycles. The summed E-state index contributed by atoms with van der Waals surface area (Å²) < 4.78 is 10.8. The number of amides is 1. The van der Waals surface area contributed by atoms with E-state index in [1.165, 1.54) is 16.2 Å². The van der Waals surface area contributed by atoms with Crippen molar-refractivity contribution in [3.63, 3.8) is 0 Å². The Morgan fingerprint density at radius 1 is 1.08 bits per heavy atom. The van der Waals surface area contributed by atoms with E-state index in [-0.39, 0.29) is 35.7 Å². The molecule has 1 saturated heterocycles. The Kier molecular flexibility index (Phi) is 8.25. The van der Waals surface area contributed by atoms with Gasteiger partial charge >= 0.3 is 5.97 Å².